The molecule has 1 aromatic rings. The zero-order valence-corrected chi connectivity index (χ0v) is 26.0. The second-order valence-electron chi connectivity index (χ2n) is 10.4. The summed E-state index contributed by atoms with van der Waals surface area (Å²) in [7, 11) is 1.94. The fourth-order valence-electron chi connectivity index (χ4n) is 3.87. The van der Waals surface area contributed by atoms with Gasteiger partial charge in [-0.05, 0) is 99.3 Å². The SMILES string of the molecule is C=C/C(=C(/C)C(C)C)c1ccc(CCC(C)C)cc1C.C=C/C=C\C(=C/C)CNC.CCC1=NCCC=C1. The molecule has 0 fully saturated rings. The maximum atomic E-state index is 4.28. The first-order valence-corrected chi connectivity index (χ1v) is 14.4. The number of nitrogens with zero attached hydrogens (tertiary/aromatic N) is 1. The standard InChI is InChI=1S/C20H30.C9H15N.C7H11N/c1-8-19(17(7)15(4)5)20-12-11-18(13-16(20)6)10-9-14(2)3;1-4-6-7-9(5-2)8-10-3;1-2-7-5-3-4-6-8-7/h8,11-15H,1,9-10H2,2-7H3;4-7,10H,1,8H2,2-3H3;3,5H,2,4,6H2,1H3/b19-17+;7-6-,9-5+;. The van der Waals surface area contributed by atoms with Crippen molar-refractivity contribution >= 4 is 11.3 Å². The number of likely N-dealkylation sites (N-methyl/N-ethyl adjacent to an activating group) is 1. The molecule has 0 saturated carbocycles. The monoisotopic (exact) mass is 516 g/mol. The van der Waals surface area contributed by atoms with E-state index < -0.39 is 0 Å². The maximum absolute atomic E-state index is 4.28. The molecule has 0 saturated heterocycles. The van der Waals surface area contributed by atoms with Gasteiger partial charge in [-0.25, -0.2) is 0 Å². The Balaban J connectivity index is 0.000000629. The summed E-state index contributed by atoms with van der Waals surface area (Å²) in [6.07, 6.45) is 18.8. The zero-order chi connectivity index (χ0) is 28.9. The van der Waals surface area contributed by atoms with Crippen molar-refractivity contribution in [2.75, 3.05) is 20.1 Å². The molecule has 38 heavy (non-hydrogen) atoms. The molecule has 1 heterocycles. The number of dihydropyridines is 1. The molecule has 2 nitrogen and oxygen atoms in total. The van der Waals surface area contributed by atoms with Crippen molar-refractivity contribution in [1.82, 2.24) is 5.32 Å². The molecule has 0 atom stereocenters. The molecule has 0 spiro atoms. The number of hydrogen-bond acceptors (Lipinski definition) is 2. The summed E-state index contributed by atoms with van der Waals surface area (Å²) < 4.78 is 0. The zero-order valence-electron chi connectivity index (χ0n) is 26.0. The van der Waals surface area contributed by atoms with E-state index in [4.69, 9.17) is 0 Å². The number of allylic oxidation sites excluding steroid dienone is 7. The molecule has 1 aliphatic rings. The van der Waals surface area contributed by atoms with E-state index in [1.165, 1.54) is 52.0 Å². The van der Waals surface area contributed by atoms with Crippen LogP contribution in [0.1, 0.15) is 84.4 Å². The van der Waals surface area contributed by atoms with Gasteiger partial charge >= 0.3 is 0 Å². The smallest absolute Gasteiger partial charge is 0.0427 e. The molecular weight excluding hydrogens is 460 g/mol. The molecule has 1 N–H and O–H groups in total. The van der Waals surface area contributed by atoms with Crippen molar-refractivity contribution in [3.8, 4) is 0 Å². The van der Waals surface area contributed by atoms with Gasteiger partial charge in [0.05, 0.1) is 0 Å². The average Bonchev–Trinajstić information content (AvgIpc) is 2.92. The third-order valence-electron chi connectivity index (χ3n) is 6.57. The van der Waals surface area contributed by atoms with Crippen molar-refractivity contribution in [2.45, 2.75) is 81.1 Å². The summed E-state index contributed by atoms with van der Waals surface area (Å²) in [5.41, 5.74) is 9.39. The van der Waals surface area contributed by atoms with E-state index in [1.807, 2.05) is 32.2 Å². The fraction of sp³-hybridized carbons (Fsp3) is 0.472. The van der Waals surface area contributed by atoms with Gasteiger partial charge in [0.15, 0.2) is 0 Å². The van der Waals surface area contributed by atoms with Gasteiger partial charge in [0.1, 0.15) is 0 Å². The van der Waals surface area contributed by atoms with Gasteiger partial charge in [0.25, 0.3) is 0 Å². The first kappa shape index (κ1) is 35.3. The van der Waals surface area contributed by atoms with E-state index >= 15 is 0 Å². The van der Waals surface area contributed by atoms with Crippen LogP contribution in [-0.2, 0) is 6.42 Å². The summed E-state index contributed by atoms with van der Waals surface area (Å²) in [6.45, 7) is 27.2. The fourth-order valence-corrected chi connectivity index (χ4v) is 3.87. The van der Waals surface area contributed by atoms with Crippen molar-refractivity contribution in [3.05, 3.63) is 102 Å². The van der Waals surface area contributed by atoms with Crippen molar-refractivity contribution < 1.29 is 0 Å². The van der Waals surface area contributed by atoms with Crippen LogP contribution in [0.5, 0.6) is 0 Å². The van der Waals surface area contributed by atoms with Crippen LogP contribution < -0.4 is 5.32 Å². The Hall–Kier alpha value is -2.71. The Bertz CT molecular complexity index is 981. The number of aliphatic imine (C=N–C) groups is 1. The second-order valence-corrected chi connectivity index (χ2v) is 10.4. The molecule has 0 radical (unpaired) electrons. The number of aryl methyl sites for hydroxylation is 2. The molecule has 0 aromatic heterocycles. The van der Waals surface area contributed by atoms with E-state index in [9.17, 15) is 0 Å². The highest BCUT2D eigenvalue weighted by Crippen LogP contribution is 2.28. The summed E-state index contributed by atoms with van der Waals surface area (Å²) >= 11 is 0. The van der Waals surface area contributed by atoms with Crippen LogP contribution >= 0.6 is 0 Å². The molecule has 2 rings (SSSR count). The molecule has 0 amide bonds. The number of rotatable bonds is 11. The van der Waals surface area contributed by atoms with Gasteiger partial charge in [-0.3, -0.25) is 4.99 Å². The lowest BCUT2D eigenvalue weighted by molar-refractivity contribution is 0.586. The normalized spacial score (nSPS) is 13.9. The first-order valence-electron chi connectivity index (χ1n) is 14.4. The van der Waals surface area contributed by atoms with Gasteiger partial charge in [-0.15, -0.1) is 0 Å². The van der Waals surface area contributed by atoms with Crippen molar-refractivity contribution in [1.29, 1.82) is 0 Å². The van der Waals surface area contributed by atoms with E-state index in [0.29, 0.717) is 5.92 Å². The van der Waals surface area contributed by atoms with Crippen LogP contribution in [0.25, 0.3) is 5.57 Å². The van der Waals surface area contributed by atoms with Gasteiger partial charge in [0.2, 0.25) is 0 Å². The lowest BCUT2D eigenvalue weighted by Crippen LogP contribution is -2.08. The van der Waals surface area contributed by atoms with Crippen LogP contribution in [0, 0.1) is 18.8 Å². The van der Waals surface area contributed by atoms with E-state index in [0.717, 1.165) is 31.8 Å². The third-order valence-corrected chi connectivity index (χ3v) is 6.57. The Morgan fingerprint density at radius 1 is 1.16 bits per heavy atom. The lowest BCUT2D eigenvalue weighted by atomic mass is 9.90. The Kier molecular flexibility index (Phi) is 19.7. The molecule has 0 bridgehead atoms. The minimum atomic E-state index is 0.558. The average molecular weight is 517 g/mol. The quantitative estimate of drug-likeness (QED) is 0.291. The van der Waals surface area contributed by atoms with Gasteiger partial charge in [0, 0.05) is 18.8 Å². The highest BCUT2D eigenvalue weighted by molar-refractivity contribution is 5.95. The second kappa shape index (κ2) is 21.2. The maximum Gasteiger partial charge on any atom is 0.0427 e. The van der Waals surface area contributed by atoms with Crippen LogP contribution in [0.2, 0.25) is 0 Å². The minimum absolute atomic E-state index is 0.558. The Morgan fingerprint density at radius 3 is 2.29 bits per heavy atom. The Morgan fingerprint density at radius 2 is 1.87 bits per heavy atom. The third kappa shape index (κ3) is 14.9. The molecule has 1 aliphatic heterocycles. The van der Waals surface area contributed by atoms with Crippen LogP contribution in [0.4, 0.5) is 0 Å². The highest BCUT2D eigenvalue weighted by atomic mass is 14.8. The first-order chi connectivity index (χ1) is 18.1. The van der Waals surface area contributed by atoms with E-state index in [2.05, 4.69) is 108 Å². The van der Waals surface area contributed by atoms with Crippen molar-refractivity contribution in [2.24, 2.45) is 16.8 Å². The molecule has 0 aliphatic carbocycles. The van der Waals surface area contributed by atoms with Crippen LogP contribution in [-0.4, -0.2) is 25.8 Å². The van der Waals surface area contributed by atoms with Gasteiger partial charge in [-0.1, -0.05) is 108 Å². The van der Waals surface area contributed by atoms with Crippen LogP contribution in [0.15, 0.2) is 90.0 Å². The number of benzene rings is 1. The summed E-state index contributed by atoms with van der Waals surface area (Å²) in [5, 5.41) is 3.07. The molecule has 0 unspecified atom stereocenters. The molecule has 1 aromatic carbocycles. The van der Waals surface area contributed by atoms with Gasteiger partial charge < -0.3 is 5.32 Å². The number of hydrogen-bond donors (Lipinski definition) is 1. The largest absolute Gasteiger partial charge is 0.316 e. The minimum Gasteiger partial charge on any atom is -0.316 e. The van der Waals surface area contributed by atoms with Gasteiger partial charge in [-0.2, -0.15) is 0 Å². The van der Waals surface area contributed by atoms with E-state index in [-0.39, 0.29) is 0 Å². The Labute approximate surface area is 236 Å². The number of nitrogens with one attached hydrogen (secondary N) is 1. The predicted molar refractivity (Wildman–Crippen MR) is 175 cm³/mol. The van der Waals surface area contributed by atoms with Crippen LogP contribution in [0.3, 0.4) is 0 Å². The molecule has 2 heteroatoms. The predicted octanol–water partition coefficient (Wildman–Crippen LogP) is 9.89. The summed E-state index contributed by atoms with van der Waals surface area (Å²) in [5.74, 6) is 1.32. The summed E-state index contributed by atoms with van der Waals surface area (Å²) in [6, 6.07) is 6.89. The lowest BCUT2D eigenvalue weighted by Gasteiger charge is -2.15. The topological polar surface area (TPSA) is 24.4 Å². The molecule has 210 valence electrons. The highest BCUT2D eigenvalue weighted by Gasteiger charge is 2.09. The van der Waals surface area contributed by atoms with E-state index in [1.54, 1.807) is 6.08 Å². The summed E-state index contributed by atoms with van der Waals surface area (Å²) in [4.78, 5) is 4.28. The van der Waals surface area contributed by atoms with Crippen molar-refractivity contribution in [3.63, 3.8) is 0 Å². The molecular formula is C36H56N2.